The van der Waals surface area contributed by atoms with Gasteiger partial charge in [-0.3, -0.25) is 0 Å². The third kappa shape index (κ3) is 2.23. The van der Waals surface area contributed by atoms with Crippen LogP contribution in [0, 0.1) is 18.8 Å². The van der Waals surface area contributed by atoms with E-state index >= 15 is 0 Å². The van der Waals surface area contributed by atoms with Gasteiger partial charge in [0.05, 0.1) is 5.69 Å². The van der Waals surface area contributed by atoms with Crippen molar-refractivity contribution in [3.8, 4) is 0 Å². The molecule has 0 amide bonds. The van der Waals surface area contributed by atoms with Crippen molar-refractivity contribution in [3.05, 3.63) is 10.6 Å². The lowest BCUT2D eigenvalue weighted by atomic mass is 10.0. The molecule has 0 aromatic carbocycles. The first-order chi connectivity index (χ1) is 7.61. The third-order valence-electron chi connectivity index (χ3n) is 3.48. The van der Waals surface area contributed by atoms with E-state index in [1.54, 1.807) is 0 Å². The largest absolute Gasteiger partial charge is 0.348 e. The predicted molar refractivity (Wildman–Crippen MR) is 70.2 cm³/mol. The molecule has 2 atom stereocenters. The first-order valence-electron chi connectivity index (χ1n) is 5.97. The highest BCUT2D eigenvalue weighted by Gasteiger charge is 2.28. The van der Waals surface area contributed by atoms with Crippen molar-refractivity contribution in [1.82, 2.24) is 10.3 Å². The van der Waals surface area contributed by atoms with Crippen molar-refractivity contribution in [2.45, 2.75) is 27.3 Å². The molecule has 0 saturated carbocycles. The van der Waals surface area contributed by atoms with Crippen LogP contribution in [-0.2, 0) is 6.54 Å². The molecule has 1 saturated heterocycles. The maximum Gasteiger partial charge on any atom is 0.185 e. The van der Waals surface area contributed by atoms with Gasteiger partial charge < -0.3 is 10.2 Å². The Balaban J connectivity index is 2.13. The normalized spacial score (nSPS) is 25.4. The summed E-state index contributed by atoms with van der Waals surface area (Å²) >= 11 is 1.84. The highest BCUT2D eigenvalue weighted by Crippen LogP contribution is 2.32. The standard InChI is InChI=1S/C12H21N3S/c1-8-6-15(7-9(8)2)12-14-10(3)11(16-12)5-13-4/h8-9,13H,5-7H2,1-4H3. The lowest BCUT2D eigenvalue weighted by molar-refractivity contribution is 0.494. The van der Waals surface area contributed by atoms with Gasteiger partial charge in [0.1, 0.15) is 0 Å². The summed E-state index contributed by atoms with van der Waals surface area (Å²) in [5.41, 5.74) is 1.18. The van der Waals surface area contributed by atoms with E-state index in [4.69, 9.17) is 0 Å². The molecule has 1 aliphatic rings. The van der Waals surface area contributed by atoms with E-state index in [1.165, 1.54) is 15.7 Å². The summed E-state index contributed by atoms with van der Waals surface area (Å²) in [5, 5.41) is 4.41. The lowest BCUT2D eigenvalue weighted by Crippen LogP contribution is -2.19. The van der Waals surface area contributed by atoms with E-state index < -0.39 is 0 Å². The number of aromatic nitrogens is 1. The van der Waals surface area contributed by atoms with Crippen molar-refractivity contribution in [2.24, 2.45) is 11.8 Å². The minimum absolute atomic E-state index is 0.789. The van der Waals surface area contributed by atoms with Crippen LogP contribution in [0.15, 0.2) is 0 Å². The fourth-order valence-corrected chi connectivity index (χ4v) is 3.25. The van der Waals surface area contributed by atoms with E-state index in [0.717, 1.165) is 31.5 Å². The van der Waals surface area contributed by atoms with Crippen LogP contribution in [0.2, 0.25) is 0 Å². The second kappa shape index (κ2) is 4.72. The van der Waals surface area contributed by atoms with E-state index in [9.17, 15) is 0 Å². The summed E-state index contributed by atoms with van der Waals surface area (Å²) in [6.07, 6.45) is 0. The van der Waals surface area contributed by atoms with Gasteiger partial charge in [-0.15, -0.1) is 11.3 Å². The van der Waals surface area contributed by atoms with E-state index in [0.29, 0.717) is 0 Å². The quantitative estimate of drug-likeness (QED) is 0.877. The summed E-state index contributed by atoms with van der Waals surface area (Å²) in [6, 6.07) is 0. The highest BCUT2D eigenvalue weighted by atomic mass is 32.1. The molecule has 3 nitrogen and oxygen atoms in total. The number of nitrogens with one attached hydrogen (secondary N) is 1. The van der Waals surface area contributed by atoms with Crippen LogP contribution in [0.3, 0.4) is 0 Å². The molecule has 1 aromatic rings. The Hall–Kier alpha value is -0.610. The summed E-state index contributed by atoms with van der Waals surface area (Å²) in [6.45, 7) is 10.0. The van der Waals surface area contributed by atoms with Crippen LogP contribution in [0.1, 0.15) is 24.4 Å². The molecule has 0 spiro atoms. The second-order valence-corrected chi connectivity index (χ2v) is 5.96. The minimum atomic E-state index is 0.789. The van der Waals surface area contributed by atoms with Gasteiger partial charge in [-0.2, -0.15) is 0 Å². The monoisotopic (exact) mass is 239 g/mol. The van der Waals surface area contributed by atoms with Gasteiger partial charge in [-0.1, -0.05) is 13.8 Å². The molecule has 0 radical (unpaired) electrons. The number of aryl methyl sites for hydroxylation is 1. The van der Waals surface area contributed by atoms with Gasteiger partial charge in [-0.25, -0.2) is 4.98 Å². The highest BCUT2D eigenvalue weighted by molar-refractivity contribution is 7.15. The average Bonchev–Trinajstić information content (AvgIpc) is 2.74. The van der Waals surface area contributed by atoms with Crippen molar-refractivity contribution in [2.75, 3.05) is 25.0 Å². The molecule has 1 fully saturated rings. The molecule has 16 heavy (non-hydrogen) atoms. The smallest absolute Gasteiger partial charge is 0.185 e. The van der Waals surface area contributed by atoms with Gasteiger partial charge in [0.25, 0.3) is 0 Å². The Morgan fingerprint density at radius 2 is 2.00 bits per heavy atom. The van der Waals surface area contributed by atoms with Crippen LogP contribution in [0.25, 0.3) is 0 Å². The molecule has 2 unspecified atom stereocenters. The molecule has 0 bridgehead atoms. The first kappa shape index (κ1) is 11.9. The number of rotatable bonds is 3. The predicted octanol–water partition coefficient (Wildman–Crippen LogP) is 2.26. The summed E-state index contributed by atoms with van der Waals surface area (Å²) in [4.78, 5) is 8.49. The fourth-order valence-electron chi connectivity index (χ4n) is 2.16. The Labute approximate surface area is 102 Å². The van der Waals surface area contributed by atoms with Crippen molar-refractivity contribution >= 4 is 16.5 Å². The van der Waals surface area contributed by atoms with Gasteiger partial charge in [-0.05, 0) is 25.8 Å². The molecular formula is C12H21N3S. The Morgan fingerprint density at radius 1 is 1.38 bits per heavy atom. The van der Waals surface area contributed by atoms with Gasteiger partial charge >= 0.3 is 0 Å². The molecule has 2 heterocycles. The Bertz CT molecular complexity index is 351. The van der Waals surface area contributed by atoms with E-state index in [1.807, 2.05) is 18.4 Å². The molecule has 2 rings (SSSR count). The zero-order valence-corrected chi connectivity index (χ0v) is 11.4. The average molecular weight is 239 g/mol. The number of nitrogens with zero attached hydrogens (tertiary/aromatic N) is 2. The molecule has 0 aliphatic carbocycles. The topological polar surface area (TPSA) is 28.2 Å². The van der Waals surface area contributed by atoms with Crippen LogP contribution in [0.4, 0.5) is 5.13 Å². The lowest BCUT2D eigenvalue weighted by Gasteiger charge is -2.13. The number of hydrogen-bond donors (Lipinski definition) is 1. The van der Waals surface area contributed by atoms with Gasteiger partial charge in [0, 0.05) is 24.5 Å². The molecule has 1 aromatic heterocycles. The van der Waals surface area contributed by atoms with Crippen LogP contribution in [-0.4, -0.2) is 25.1 Å². The number of hydrogen-bond acceptors (Lipinski definition) is 4. The van der Waals surface area contributed by atoms with E-state index in [-0.39, 0.29) is 0 Å². The second-order valence-electron chi connectivity index (χ2n) is 4.89. The van der Waals surface area contributed by atoms with Crippen molar-refractivity contribution < 1.29 is 0 Å². The van der Waals surface area contributed by atoms with Crippen LogP contribution >= 0.6 is 11.3 Å². The van der Waals surface area contributed by atoms with Crippen LogP contribution in [0.5, 0.6) is 0 Å². The first-order valence-corrected chi connectivity index (χ1v) is 6.79. The summed E-state index contributed by atoms with van der Waals surface area (Å²) in [5.74, 6) is 1.58. The fraction of sp³-hybridized carbons (Fsp3) is 0.750. The SMILES string of the molecule is CNCc1sc(N2CC(C)C(C)C2)nc1C. The molecule has 1 aliphatic heterocycles. The van der Waals surface area contributed by atoms with Gasteiger partial charge in [0.15, 0.2) is 5.13 Å². The molecule has 1 N–H and O–H groups in total. The zero-order valence-electron chi connectivity index (χ0n) is 10.6. The zero-order chi connectivity index (χ0) is 11.7. The third-order valence-corrected chi connectivity index (χ3v) is 4.70. The number of thiazole rings is 1. The summed E-state index contributed by atoms with van der Waals surface area (Å²) < 4.78 is 0. The maximum atomic E-state index is 4.68. The maximum absolute atomic E-state index is 4.68. The molecule has 90 valence electrons. The van der Waals surface area contributed by atoms with Crippen LogP contribution < -0.4 is 10.2 Å². The number of anilines is 1. The van der Waals surface area contributed by atoms with Gasteiger partial charge in [0.2, 0.25) is 0 Å². The molecule has 4 heteroatoms. The van der Waals surface area contributed by atoms with E-state index in [2.05, 4.69) is 36.0 Å². The Kier molecular flexibility index (Phi) is 3.50. The summed E-state index contributed by atoms with van der Waals surface area (Å²) in [7, 11) is 1.98. The van der Waals surface area contributed by atoms with Crippen molar-refractivity contribution in [3.63, 3.8) is 0 Å². The molecular weight excluding hydrogens is 218 g/mol. The Morgan fingerprint density at radius 3 is 2.56 bits per heavy atom. The minimum Gasteiger partial charge on any atom is -0.348 e. The van der Waals surface area contributed by atoms with Crippen molar-refractivity contribution in [1.29, 1.82) is 0 Å².